The van der Waals surface area contributed by atoms with Crippen LogP contribution in [0.15, 0.2) is 12.1 Å². The zero-order valence-corrected chi connectivity index (χ0v) is 14.3. The summed E-state index contributed by atoms with van der Waals surface area (Å²) in [6, 6.07) is 3.14. The molecule has 1 unspecified atom stereocenters. The van der Waals surface area contributed by atoms with E-state index >= 15 is 0 Å². The Morgan fingerprint density at radius 2 is 2.35 bits per heavy atom. The average molecular weight is 342 g/mol. The maximum absolute atomic E-state index is 12.4. The Labute approximate surface area is 141 Å². The van der Waals surface area contributed by atoms with Crippen LogP contribution in [0.25, 0.3) is 0 Å². The lowest BCUT2D eigenvalue weighted by Gasteiger charge is -2.24. The fourth-order valence-electron chi connectivity index (χ4n) is 2.18. The van der Waals surface area contributed by atoms with E-state index in [1.165, 1.54) is 0 Å². The first-order chi connectivity index (χ1) is 11.0. The third kappa shape index (κ3) is 5.27. The highest BCUT2D eigenvalue weighted by atomic mass is 35.5. The van der Waals surface area contributed by atoms with Crippen LogP contribution in [0.4, 0.5) is 5.69 Å². The molecule has 0 saturated carbocycles. The first kappa shape index (κ1) is 17.8. The highest BCUT2D eigenvalue weighted by molar-refractivity contribution is 6.33. The molecule has 128 valence electrons. The van der Waals surface area contributed by atoms with Crippen LogP contribution in [-0.2, 0) is 4.74 Å². The van der Waals surface area contributed by atoms with Gasteiger partial charge in [-0.05, 0) is 12.0 Å². The van der Waals surface area contributed by atoms with Crippen LogP contribution in [0.1, 0.15) is 24.2 Å². The van der Waals surface area contributed by atoms with E-state index in [1.54, 1.807) is 12.1 Å². The highest BCUT2D eigenvalue weighted by Gasteiger charge is 2.19. The van der Waals surface area contributed by atoms with Crippen LogP contribution in [-0.4, -0.2) is 44.9 Å². The minimum Gasteiger partial charge on any atom is -0.492 e. The van der Waals surface area contributed by atoms with Crippen LogP contribution in [0.2, 0.25) is 5.02 Å². The van der Waals surface area contributed by atoms with Gasteiger partial charge in [0.1, 0.15) is 5.75 Å². The van der Waals surface area contributed by atoms with E-state index in [-0.39, 0.29) is 12.0 Å². The molecular formula is C16H24ClN3O3. The smallest absolute Gasteiger partial charge is 0.255 e. The Morgan fingerprint density at radius 1 is 1.57 bits per heavy atom. The van der Waals surface area contributed by atoms with Gasteiger partial charge < -0.3 is 25.8 Å². The standard InChI is InChI=1S/C16H24ClN3O3/c1-10(2)9-23-15-6-14(18)13(17)5-12(15)16(21)20-8-11-7-19-3-4-22-11/h5-6,10-11,19H,3-4,7-9,18H2,1-2H3,(H,20,21). The van der Waals surface area contributed by atoms with E-state index in [4.69, 9.17) is 26.8 Å². The summed E-state index contributed by atoms with van der Waals surface area (Å²) in [5.74, 6) is 0.533. The van der Waals surface area contributed by atoms with Crippen molar-refractivity contribution in [3.63, 3.8) is 0 Å². The van der Waals surface area contributed by atoms with Crippen molar-refractivity contribution in [3.8, 4) is 5.75 Å². The van der Waals surface area contributed by atoms with Crippen LogP contribution in [0.5, 0.6) is 5.75 Å². The van der Waals surface area contributed by atoms with Crippen LogP contribution >= 0.6 is 11.6 Å². The van der Waals surface area contributed by atoms with Gasteiger partial charge in [-0.1, -0.05) is 25.4 Å². The average Bonchev–Trinajstić information content (AvgIpc) is 2.54. The number of rotatable bonds is 6. The molecule has 0 spiro atoms. The molecule has 1 aromatic rings. The maximum Gasteiger partial charge on any atom is 0.255 e. The number of carbonyl (C=O) groups excluding carboxylic acids is 1. The number of ether oxygens (including phenoxy) is 2. The molecule has 1 fully saturated rings. The number of benzene rings is 1. The second-order valence-corrected chi connectivity index (χ2v) is 6.39. The predicted octanol–water partition coefficient (Wildman–Crippen LogP) is 1.68. The van der Waals surface area contributed by atoms with Crippen molar-refractivity contribution in [1.82, 2.24) is 10.6 Å². The number of amides is 1. The van der Waals surface area contributed by atoms with E-state index in [0.29, 0.717) is 47.7 Å². The number of nitrogens with two attached hydrogens (primary N) is 1. The van der Waals surface area contributed by atoms with E-state index in [9.17, 15) is 4.79 Å². The number of hydrogen-bond donors (Lipinski definition) is 3. The lowest BCUT2D eigenvalue weighted by atomic mass is 10.1. The molecule has 0 aliphatic carbocycles. The molecule has 1 atom stereocenters. The van der Waals surface area contributed by atoms with Crippen LogP contribution in [0.3, 0.4) is 0 Å². The van der Waals surface area contributed by atoms with Gasteiger partial charge in [0, 0.05) is 25.7 Å². The van der Waals surface area contributed by atoms with Gasteiger partial charge in [0.25, 0.3) is 5.91 Å². The third-order valence-electron chi connectivity index (χ3n) is 3.41. The first-order valence-corrected chi connectivity index (χ1v) is 8.17. The second-order valence-electron chi connectivity index (χ2n) is 5.98. The molecule has 0 aromatic heterocycles. The van der Waals surface area contributed by atoms with Gasteiger partial charge in [0.05, 0.1) is 35.6 Å². The Morgan fingerprint density at radius 3 is 3.00 bits per heavy atom. The van der Waals surface area contributed by atoms with Gasteiger partial charge in [-0.2, -0.15) is 0 Å². The molecule has 1 heterocycles. The largest absolute Gasteiger partial charge is 0.492 e. The summed E-state index contributed by atoms with van der Waals surface area (Å²) in [6.45, 7) is 7.20. The summed E-state index contributed by atoms with van der Waals surface area (Å²) >= 11 is 6.05. The van der Waals surface area contributed by atoms with E-state index in [1.807, 2.05) is 13.8 Å². The van der Waals surface area contributed by atoms with Crippen LogP contribution in [0, 0.1) is 5.92 Å². The topological polar surface area (TPSA) is 85.6 Å². The number of carbonyl (C=O) groups is 1. The fraction of sp³-hybridized carbons (Fsp3) is 0.562. The van der Waals surface area contributed by atoms with Crippen molar-refractivity contribution in [2.24, 2.45) is 5.92 Å². The van der Waals surface area contributed by atoms with Crippen molar-refractivity contribution >= 4 is 23.2 Å². The molecule has 1 aliphatic rings. The Balaban J connectivity index is 2.05. The number of anilines is 1. The number of halogens is 1. The Bertz CT molecular complexity index is 546. The summed E-state index contributed by atoms with van der Waals surface area (Å²) < 4.78 is 11.3. The summed E-state index contributed by atoms with van der Waals surface area (Å²) in [5, 5.41) is 6.42. The summed E-state index contributed by atoms with van der Waals surface area (Å²) in [4.78, 5) is 12.4. The molecule has 1 saturated heterocycles. The zero-order chi connectivity index (χ0) is 16.8. The minimum atomic E-state index is -0.250. The van der Waals surface area contributed by atoms with Gasteiger partial charge in [-0.15, -0.1) is 0 Å². The third-order valence-corrected chi connectivity index (χ3v) is 3.74. The molecule has 1 amide bonds. The number of hydrogen-bond acceptors (Lipinski definition) is 5. The number of nitrogens with one attached hydrogen (secondary N) is 2. The highest BCUT2D eigenvalue weighted by Crippen LogP contribution is 2.29. The quantitative estimate of drug-likeness (QED) is 0.685. The molecule has 1 aromatic carbocycles. The molecule has 0 bridgehead atoms. The summed E-state index contributed by atoms with van der Waals surface area (Å²) in [5.41, 5.74) is 6.59. The van der Waals surface area contributed by atoms with Gasteiger partial charge in [-0.3, -0.25) is 4.79 Å². The molecule has 7 heteroatoms. The van der Waals surface area contributed by atoms with Gasteiger partial charge in [-0.25, -0.2) is 0 Å². The molecule has 0 radical (unpaired) electrons. The molecular weight excluding hydrogens is 318 g/mol. The molecule has 6 nitrogen and oxygen atoms in total. The number of morpholine rings is 1. The second kappa shape index (κ2) is 8.38. The predicted molar refractivity (Wildman–Crippen MR) is 91.1 cm³/mol. The van der Waals surface area contributed by atoms with E-state index in [2.05, 4.69) is 10.6 Å². The molecule has 23 heavy (non-hydrogen) atoms. The number of nitrogen functional groups attached to an aromatic ring is 1. The Kier molecular flexibility index (Phi) is 6.50. The van der Waals surface area contributed by atoms with Crippen molar-refractivity contribution in [2.45, 2.75) is 20.0 Å². The van der Waals surface area contributed by atoms with E-state index in [0.717, 1.165) is 13.1 Å². The van der Waals surface area contributed by atoms with Gasteiger partial charge in [0.2, 0.25) is 0 Å². The minimum absolute atomic E-state index is 0.0306. The molecule has 2 rings (SSSR count). The van der Waals surface area contributed by atoms with Crippen molar-refractivity contribution in [2.75, 3.05) is 38.6 Å². The first-order valence-electron chi connectivity index (χ1n) is 7.79. The Hall–Kier alpha value is -1.50. The summed E-state index contributed by atoms with van der Waals surface area (Å²) in [6.07, 6.45) is -0.0306. The lowest BCUT2D eigenvalue weighted by Crippen LogP contribution is -2.45. The van der Waals surface area contributed by atoms with Crippen molar-refractivity contribution in [3.05, 3.63) is 22.7 Å². The molecule has 4 N–H and O–H groups in total. The van der Waals surface area contributed by atoms with E-state index < -0.39 is 0 Å². The van der Waals surface area contributed by atoms with Gasteiger partial charge in [0.15, 0.2) is 0 Å². The SMILES string of the molecule is CC(C)COc1cc(N)c(Cl)cc1C(=O)NCC1CNCCO1. The maximum atomic E-state index is 12.4. The van der Waals surface area contributed by atoms with Crippen molar-refractivity contribution < 1.29 is 14.3 Å². The van der Waals surface area contributed by atoms with Crippen molar-refractivity contribution in [1.29, 1.82) is 0 Å². The fourth-order valence-corrected chi connectivity index (χ4v) is 2.34. The lowest BCUT2D eigenvalue weighted by molar-refractivity contribution is 0.0287. The monoisotopic (exact) mass is 341 g/mol. The zero-order valence-electron chi connectivity index (χ0n) is 13.5. The van der Waals surface area contributed by atoms with Crippen LogP contribution < -0.4 is 21.1 Å². The normalized spacial score (nSPS) is 18.0. The molecule has 1 aliphatic heterocycles. The van der Waals surface area contributed by atoms with Gasteiger partial charge >= 0.3 is 0 Å². The summed E-state index contributed by atoms with van der Waals surface area (Å²) in [7, 11) is 0.